The lowest BCUT2D eigenvalue weighted by Gasteiger charge is -1.68. The molecule has 0 saturated heterocycles. The van der Waals surface area contributed by atoms with Crippen LogP contribution < -0.4 is 5.73 Å². The van der Waals surface area contributed by atoms with E-state index in [-0.39, 0.29) is 0 Å². The molecule has 3 N–H and O–H groups in total. The van der Waals surface area contributed by atoms with Gasteiger partial charge in [-0.1, -0.05) is 0 Å². The SMILES string of the molecule is NCCCl.O=[N+]([O-])O. The van der Waals surface area contributed by atoms with Crippen LogP contribution in [0, 0.1) is 10.1 Å². The third kappa shape index (κ3) is 533. The van der Waals surface area contributed by atoms with Crippen LogP contribution in [0.15, 0.2) is 0 Å². The van der Waals surface area contributed by atoms with E-state index in [9.17, 15) is 0 Å². The van der Waals surface area contributed by atoms with Gasteiger partial charge in [0.25, 0.3) is 5.09 Å². The van der Waals surface area contributed by atoms with E-state index in [2.05, 4.69) is 0 Å². The molecule has 0 rings (SSSR count). The number of hydrogen-bond acceptors (Lipinski definition) is 3. The molecule has 0 aliphatic carbocycles. The maximum Gasteiger partial charge on any atom is 0.291 e. The fraction of sp³-hybridized carbons (Fsp3) is 1.00. The molecule has 0 aromatic rings. The van der Waals surface area contributed by atoms with Crippen LogP contribution in [0.4, 0.5) is 0 Å². The Hall–Kier alpha value is -0.550. The van der Waals surface area contributed by atoms with E-state index in [1.807, 2.05) is 0 Å². The van der Waals surface area contributed by atoms with Crippen molar-refractivity contribution in [2.24, 2.45) is 5.73 Å². The first kappa shape index (κ1) is 10.4. The molecule has 0 saturated carbocycles. The highest BCUT2D eigenvalue weighted by molar-refractivity contribution is 6.18. The monoisotopic (exact) mass is 142 g/mol. The van der Waals surface area contributed by atoms with Crippen molar-refractivity contribution >= 4 is 11.6 Å². The zero-order valence-corrected chi connectivity index (χ0v) is 4.84. The second-order valence-corrected chi connectivity index (χ2v) is 1.09. The van der Waals surface area contributed by atoms with Crippen molar-refractivity contribution in [1.29, 1.82) is 0 Å². The van der Waals surface area contributed by atoms with Gasteiger partial charge in [-0.2, -0.15) is 0 Å². The Labute approximate surface area is 51.2 Å². The van der Waals surface area contributed by atoms with E-state index < -0.39 is 5.09 Å². The van der Waals surface area contributed by atoms with Crippen molar-refractivity contribution in [1.82, 2.24) is 0 Å². The van der Waals surface area contributed by atoms with Crippen LogP contribution in [0.2, 0.25) is 0 Å². The minimum Gasteiger partial charge on any atom is -0.329 e. The van der Waals surface area contributed by atoms with Gasteiger partial charge in [0, 0.05) is 12.4 Å². The van der Waals surface area contributed by atoms with Crippen molar-refractivity contribution in [3.8, 4) is 0 Å². The topological polar surface area (TPSA) is 89.4 Å². The standard InChI is InChI=1S/C2H6ClN.HNO3/c3-1-2-4;2-1(3)4/h1-2,4H2;(H,2,3,4). The van der Waals surface area contributed by atoms with Gasteiger partial charge in [-0.3, -0.25) is 0 Å². The van der Waals surface area contributed by atoms with E-state index in [4.69, 9.17) is 32.7 Å². The van der Waals surface area contributed by atoms with Crippen molar-refractivity contribution in [3.63, 3.8) is 0 Å². The van der Waals surface area contributed by atoms with Crippen molar-refractivity contribution < 1.29 is 10.3 Å². The maximum absolute atomic E-state index is 8.36. The first-order valence-corrected chi connectivity index (χ1v) is 2.28. The van der Waals surface area contributed by atoms with Gasteiger partial charge in [0.2, 0.25) is 0 Å². The van der Waals surface area contributed by atoms with Gasteiger partial charge < -0.3 is 10.9 Å². The zero-order valence-electron chi connectivity index (χ0n) is 4.08. The summed E-state index contributed by atoms with van der Waals surface area (Å²) in [6, 6.07) is 0. The van der Waals surface area contributed by atoms with E-state index in [1.54, 1.807) is 0 Å². The van der Waals surface area contributed by atoms with Gasteiger partial charge >= 0.3 is 0 Å². The second-order valence-electron chi connectivity index (χ2n) is 0.715. The number of alkyl halides is 1. The molecule has 0 bridgehead atoms. The van der Waals surface area contributed by atoms with Crippen LogP contribution in [0.25, 0.3) is 0 Å². The highest BCUT2D eigenvalue weighted by Gasteiger charge is 1.65. The largest absolute Gasteiger partial charge is 0.329 e. The van der Waals surface area contributed by atoms with Crippen LogP contribution in [0.3, 0.4) is 0 Å². The average molecular weight is 143 g/mol. The molecule has 0 radical (unpaired) electrons. The molecule has 0 aromatic carbocycles. The number of nitrogens with two attached hydrogens (primary N) is 1. The van der Waals surface area contributed by atoms with Crippen LogP contribution in [-0.2, 0) is 0 Å². The summed E-state index contributed by atoms with van der Waals surface area (Å²) in [7, 11) is 0. The number of rotatable bonds is 1. The quantitative estimate of drug-likeness (QED) is 0.302. The molecular formula is C2H7ClN2O3. The molecule has 6 heteroatoms. The number of hydrogen-bond donors (Lipinski definition) is 2. The van der Waals surface area contributed by atoms with Crippen LogP contribution >= 0.6 is 11.6 Å². The van der Waals surface area contributed by atoms with Gasteiger partial charge in [0.15, 0.2) is 0 Å². The predicted octanol–water partition coefficient (Wildman–Crippen LogP) is -0.164. The zero-order chi connectivity index (χ0) is 6.99. The Morgan fingerprint density at radius 1 is 1.88 bits per heavy atom. The molecule has 0 heterocycles. The second kappa shape index (κ2) is 9.67. The van der Waals surface area contributed by atoms with Crippen molar-refractivity contribution in [3.05, 3.63) is 10.1 Å². The summed E-state index contributed by atoms with van der Waals surface area (Å²) in [5.41, 5.74) is 4.90. The molecule has 5 nitrogen and oxygen atoms in total. The van der Waals surface area contributed by atoms with Crippen molar-refractivity contribution in [2.75, 3.05) is 12.4 Å². The normalized spacial score (nSPS) is 6.75. The first-order valence-electron chi connectivity index (χ1n) is 1.74. The molecule has 0 aliphatic rings. The summed E-state index contributed by atoms with van der Waals surface area (Å²) in [6.07, 6.45) is 0. The third-order valence-electron chi connectivity index (χ3n) is 0.109. The van der Waals surface area contributed by atoms with Crippen LogP contribution in [-0.4, -0.2) is 22.7 Å². The van der Waals surface area contributed by atoms with Gasteiger partial charge in [-0.05, 0) is 0 Å². The number of nitrogens with zero attached hydrogens (tertiary/aromatic N) is 1. The van der Waals surface area contributed by atoms with Gasteiger partial charge in [0.05, 0.1) is 0 Å². The lowest BCUT2D eigenvalue weighted by Crippen LogP contribution is -1.97. The van der Waals surface area contributed by atoms with Gasteiger partial charge in [-0.15, -0.1) is 21.7 Å². The maximum atomic E-state index is 8.36. The van der Waals surface area contributed by atoms with E-state index >= 15 is 0 Å². The van der Waals surface area contributed by atoms with Gasteiger partial charge in [0.1, 0.15) is 0 Å². The third-order valence-corrected chi connectivity index (χ3v) is 0.327. The minimum absolute atomic E-state index is 0.569. The summed E-state index contributed by atoms with van der Waals surface area (Å²) < 4.78 is 0. The highest BCUT2D eigenvalue weighted by atomic mass is 35.5. The molecule has 8 heavy (non-hydrogen) atoms. The minimum atomic E-state index is -1.50. The van der Waals surface area contributed by atoms with E-state index in [1.165, 1.54) is 0 Å². The molecule has 0 aromatic heterocycles. The summed E-state index contributed by atoms with van der Waals surface area (Å²) in [5.74, 6) is 0.569. The molecule has 0 atom stereocenters. The molecular weight excluding hydrogens is 135 g/mol. The molecule has 0 unspecified atom stereocenters. The summed E-state index contributed by atoms with van der Waals surface area (Å²) >= 11 is 5.06. The molecule has 0 fully saturated rings. The fourth-order valence-electron chi connectivity index (χ4n) is 0. The lowest BCUT2D eigenvalue weighted by molar-refractivity contribution is -0.742. The van der Waals surface area contributed by atoms with E-state index in [0.29, 0.717) is 12.4 Å². The highest BCUT2D eigenvalue weighted by Crippen LogP contribution is 1.60. The summed E-state index contributed by atoms with van der Waals surface area (Å²) in [4.78, 5) is 8.36. The molecule has 50 valence electrons. The molecule has 0 aliphatic heterocycles. The molecule has 0 spiro atoms. The summed E-state index contributed by atoms with van der Waals surface area (Å²) in [5, 5.41) is 13.6. The first-order chi connectivity index (χ1) is 3.65. The Morgan fingerprint density at radius 2 is 2.00 bits per heavy atom. The predicted molar refractivity (Wildman–Crippen MR) is 28.6 cm³/mol. The Balaban J connectivity index is 0. The smallest absolute Gasteiger partial charge is 0.291 e. The lowest BCUT2D eigenvalue weighted by atomic mass is 10.8. The van der Waals surface area contributed by atoms with Crippen LogP contribution in [0.5, 0.6) is 0 Å². The summed E-state index contributed by atoms with van der Waals surface area (Å²) in [6.45, 7) is 0.585. The molecule has 0 amide bonds. The van der Waals surface area contributed by atoms with E-state index in [0.717, 1.165) is 0 Å². The Kier molecular flexibility index (Phi) is 12.6. The Morgan fingerprint density at radius 3 is 2.00 bits per heavy atom. The Bertz CT molecular complexity index is 53.2. The van der Waals surface area contributed by atoms with Crippen molar-refractivity contribution in [2.45, 2.75) is 0 Å². The number of halogens is 1. The van der Waals surface area contributed by atoms with Crippen LogP contribution in [0.1, 0.15) is 0 Å². The fourth-order valence-corrected chi connectivity index (χ4v) is 0. The average Bonchev–Trinajstić information content (AvgIpc) is 1.65. The van der Waals surface area contributed by atoms with Gasteiger partial charge in [-0.25, -0.2) is 0 Å².